The second kappa shape index (κ2) is 13.2. The molecule has 8 nitrogen and oxygen atoms in total. The van der Waals surface area contributed by atoms with E-state index in [4.69, 9.17) is 38.2 Å². The summed E-state index contributed by atoms with van der Waals surface area (Å²) in [7, 11) is 0. The molecule has 0 saturated carbocycles. The molecule has 0 N–H and O–H groups in total. The van der Waals surface area contributed by atoms with Crippen LogP contribution in [0.5, 0.6) is 0 Å². The molecule has 4 heterocycles. The molecule has 0 fully saturated rings. The number of rotatable bonds is 6. The van der Waals surface area contributed by atoms with Gasteiger partial charge in [-0.1, -0.05) is 115 Å². The molecule has 0 aliphatic heterocycles. The molecule has 276 valence electrons. The Hall–Kier alpha value is -8.23. The average molecular weight is 760 g/mol. The van der Waals surface area contributed by atoms with Crippen LogP contribution in [0.2, 0.25) is 0 Å². The highest BCUT2D eigenvalue weighted by Gasteiger charge is 2.21. The summed E-state index contributed by atoms with van der Waals surface area (Å²) in [5.74, 6) is 2.61. The Balaban J connectivity index is 1.06. The van der Waals surface area contributed by atoms with Crippen LogP contribution < -0.4 is 0 Å². The van der Waals surface area contributed by atoms with Gasteiger partial charge in [-0.05, 0) is 82.6 Å². The number of aromatic nitrogens is 5. The molecule has 0 aliphatic rings. The predicted octanol–water partition coefficient (Wildman–Crippen LogP) is 13.2. The molecular formula is C51H29N5O3. The summed E-state index contributed by atoms with van der Waals surface area (Å²) >= 11 is 0. The largest absolute Gasteiger partial charge is 0.456 e. The van der Waals surface area contributed by atoms with E-state index in [1.807, 2.05) is 115 Å². The van der Waals surface area contributed by atoms with Crippen LogP contribution in [0.4, 0.5) is 0 Å². The van der Waals surface area contributed by atoms with Gasteiger partial charge in [-0.2, -0.15) is 0 Å². The molecule has 59 heavy (non-hydrogen) atoms. The molecule has 0 atom stereocenters. The zero-order valence-corrected chi connectivity index (χ0v) is 31.2. The van der Waals surface area contributed by atoms with Gasteiger partial charge in [-0.25, -0.2) is 24.9 Å². The number of hydrogen-bond acceptors (Lipinski definition) is 8. The number of hydrogen-bond donors (Lipinski definition) is 0. The van der Waals surface area contributed by atoms with Crippen LogP contribution in [0.15, 0.2) is 189 Å². The van der Waals surface area contributed by atoms with Gasteiger partial charge in [0.15, 0.2) is 28.6 Å². The van der Waals surface area contributed by atoms with Gasteiger partial charge >= 0.3 is 0 Å². The highest BCUT2D eigenvalue weighted by molar-refractivity contribution is 6.25. The lowest BCUT2D eigenvalue weighted by Crippen LogP contribution is -2.00. The van der Waals surface area contributed by atoms with Crippen LogP contribution in [0.3, 0.4) is 0 Å². The number of nitrogens with zero attached hydrogens (tertiary/aromatic N) is 5. The van der Waals surface area contributed by atoms with Crippen molar-refractivity contribution in [1.29, 1.82) is 0 Å². The fourth-order valence-electron chi connectivity index (χ4n) is 7.93. The average Bonchev–Trinajstić information content (AvgIpc) is 4.05. The predicted molar refractivity (Wildman–Crippen MR) is 232 cm³/mol. The molecule has 8 heteroatoms. The second-order valence-corrected chi connectivity index (χ2v) is 14.4. The van der Waals surface area contributed by atoms with Gasteiger partial charge in [0, 0.05) is 27.6 Å². The van der Waals surface area contributed by atoms with Gasteiger partial charge in [0.1, 0.15) is 22.2 Å². The minimum absolute atomic E-state index is 0.474. The molecule has 0 aliphatic carbocycles. The summed E-state index contributed by atoms with van der Waals surface area (Å²) in [6.45, 7) is 0. The van der Waals surface area contributed by atoms with Gasteiger partial charge in [-0.15, -0.1) is 0 Å². The summed E-state index contributed by atoms with van der Waals surface area (Å²) in [5, 5.41) is 3.82. The first-order valence-electron chi connectivity index (χ1n) is 19.3. The second-order valence-electron chi connectivity index (χ2n) is 14.4. The summed E-state index contributed by atoms with van der Waals surface area (Å²) in [6, 6.07) is 58.6. The molecule has 0 unspecified atom stereocenters. The Morgan fingerprint density at radius 3 is 1.56 bits per heavy atom. The van der Waals surface area contributed by atoms with E-state index in [1.165, 1.54) is 0 Å². The van der Waals surface area contributed by atoms with Crippen LogP contribution >= 0.6 is 0 Å². The molecule has 0 saturated heterocycles. The first kappa shape index (κ1) is 33.0. The van der Waals surface area contributed by atoms with Crippen molar-refractivity contribution >= 4 is 54.9 Å². The number of furan rings is 1. The summed E-state index contributed by atoms with van der Waals surface area (Å²) in [5.41, 5.74) is 10.6. The monoisotopic (exact) mass is 759 g/mol. The number of para-hydroxylation sites is 1. The van der Waals surface area contributed by atoms with E-state index in [0.29, 0.717) is 51.5 Å². The topological polar surface area (TPSA) is 104 Å². The Labute approximate surface area is 336 Å². The Morgan fingerprint density at radius 2 is 0.847 bits per heavy atom. The highest BCUT2D eigenvalue weighted by atomic mass is 16.4. The minimum atomic E-state index is 0.474. The van der Waals surface area contributed by atoms with Crippen LogP contribution in [-0.2, 0) is 0 Å². The first-order chi connectivity index (χ1) is 29.2. The lowest BCUT2D eigenvalue weighted by atomic mass is 10.0. The van der Waals surface area contributed by atoms with Crippen molar-refractivity contribution in [3.8, 4) is 68.2 Å². The zero-order valence-electron chi connectivity index (χ0n) is 31.2. The molecule has 0 spiro atoms. The van der Waals surface area contributed by atoms with Crippen molar-refractivity contribution < 1.29 is 13.3 Å². The molecule has 12 aromatic rings. The normalized spacial score (nSPS) is 11.7. The van der Waals surface area contributed by atoms with Crippen LogP contribution in [0.1, 0.15) is 0 Å². The molecule has 0 radical (unpaired) electrons. The van der Waals surface area contributed by atoms with Crippen molar-refractivity contribution in [3.05, 3.63) is 176 Å². The quantitative estimate of drug-likeness (QED) is 0.165. The molecule has 0 bridgehead atoms. The smallest absolute Gasteiger partial charge is 0.227 e. The number of benzene rings is 8. The fraction of sp³-hybridized carbons (Fsp3) is 0. The van der Waals surface area contributed by atoms with E-state index in [-0.39, 0.29) is 0 Å². The Bertz CT molecular complexity index is 3540. The molecule has 12 rings (SSSR count). The highest BCUT2D eigenvalue weighted by Crippen LogP contribution is 2.41. The van der Waals surface area contributed by atoms with E-state index >= 15 is 0 Å². The van der Waals surface area contributed by atoms with Crippen LogP contribution in [0, 0.1) is 0 Å². The van der Waals surface area contributed by atoms with Crippen molar-refractivity contribution in [3.63, 3.8) is 0 Å². The van der Waals surface area contributed by atoms with Gasteiger partial charge in [-0.3, -0.25) is 0 Å². The van der Waals surface area contributed by atoms with Crippen molar-refractivity contribution in [2.75, 3.05) is 0 Å². The van der Waals surface area contributed by atoms with E-state index in [1.54, 1.807) is 0 Å². The van der Waals surface area contributed by atoms with E-state index in [2.05, 4.69) is 60.7 Å². The van der Waals surface area contributed by atoms with E-state index in [9.17, 15) is 0 Å². The minimum Gasteiger partial charge on any atom is -0.456 e. The fourth-order valence-corrected chi connectivity index (χ4v) is 7.93. The molecule has 8 aromatic carbocycles. The zero-order chi connectivity index (χ0) is 38.9. The maximum atomic E-state index is 6.51. The Morgan fingerprint density at radius 1 is 0.322 bits per heavy atom. The van der Waals surface area contributed by atoms with Gasteiger partial charge in [0.25, 0.3) is 0 Å². The van der Waals surface area contributed by atoms with Gasteiger partial charge in [0.2, 0.25) is 11.8 Å². The van der Waals surface area contributed by atoms with Crippen molar-refractivity contribution in [2.45, 2.75) is 0 Å². The van der Waals surface area contributed by atoms with E-state index in [0.717, 1.165) is 71.6 Å². The molecular weight excluding hydrogens is 731 g/mol. The lowest BCUT2D eigenvalue weighted by molar-refractivity contribution is 0.620. The summed E-state index contributed by atoms with van der Waals surface area (Å²) in [4.78, 5) is 25.1. The standard InChI is InChI=1S/C51H29N5O3/c1-4-11-30(12-5-1)31-19-22-33(23-20-31)47-54-48(56-49(55-47)37-17-10-18-39-45(37)58-50(52-39)34-13-6-2-7-14-34)36-24-21-32-25-27-41-43(38(32)29-36)44-42(57-41)28-26-40-46(44)59-51(53-40)35-15-8-3-9-16-35/h1-29H. The number of oxazole rings is 2. The summed E-state index contributed by atoms with van der Waals surface area (Å²) in [6.07, 6.45) is 0. The lowest BCUT2D eigenvalue weighted by Gasteiger charge is -2.10. The summed E-state index contributed by atoms with van der Waals surface area (Å²) < 4.78 is 19.4. The molecule has 0 amide bonds. The third-order valence-electron chi connectivity index (χ3n) is 10.8. The number of fused-ring (bicyclic) bond motifs is 8. The third kappa shape index (κ3) is 5.57. The Kier molecular flexibility index (Phi) is 7.36. The van der Waals surface area contributed by atoms with E-state index < -0.39 is 0 Å². The van der Waals surface area contributed by atoms with Gasteiger partial charge < -0.3 is 13.3 Å². The first-order valence-corrected chi connectivity index (χ1v) is 19.3. The maximum absolute atomic E-state index is 6.51. The van der Waals surface area contributed by atoms with Crippen molar-refractivity contribution in [1.82, 2.24) is 24.9 Å². The molecule has 4 aromatic heterocycles. The SMILES string of the molecule is c1ccc(-c2ccc(-c3nc(-c4ccc5ccc6oc7ccc8nc(-c9ccccc9)oc8c7c6c5c4)nc(-c4cccc5nc(-c6ccccc6)oc45)n3)cc2)cc1. The van der Waals surface area contributed by atoms with Crippen molar-refractivity contribution in [2.24, 2.45) is 0 Å². The van der Waals surface area contributed by atoms with Crippen LogP contribution in [0.25, 0.3) is 123 Å². The maximum Gasteiger partial charge on any atom is 0.227 e. The van der Waals surface area contributed by atoms with Crippen LogP contribution in [-0.4, -0.2) is 24.9 Å². The third-order valence-corrected chi connectivity index (χ3v) is 10.8. The van der Waals surface area contributed by atoms with Gasteiger partial charge in [0.05, 0.1) is 10.9 Å².